The lowest BCUT2D eigenvalue weighted by Gasteiger charge is -2.05. The van der Waals surface area contributed by atoms with Crippen LogP contribution in [0.5, 0.6) is 11.5 Å². The molecule has 0 bridgehead atoms. The Morgan fingerprint density at radius 2 is 2.14 bits per heavy atom. The Kier molecular flexibility index (Phi) is 3.98. The third-order valence-corrected chi connectivity index (χ3v) is 1.47. The van der Waals surface area contributed by atoms with Gasteiger partial charge in [0.05, 0.1) is 6.61 Å². The van der Waals surface area contributed by atoms with Gasteiger partial charge in [0.25, 0.3) is 0 Å². The molecular formula is C11H13O3. The van der Waals surface area contributed by atoms with Crippen LogP contribution >= 0.6 is 0 Å². The summed E-state index contributed by atoms with van der Waals surface area (Å²) in [5.74, 6) is 0.794. The Hall–Kier alpha value is -1.51. The van der Waals surface area contributed by atoms with Crippen LogP contribution in [0.15, 0.2) is 18.2 Å². The fourth-order valence-electron chi connectivity index (χ4n) is 0.958. The molecule has 0 saturated heterocycles. The number of rotatable bonds is 4. The summed E-state index contributed by atoms with van der Waals surface area (Å²) < 4.78 is 10.2. The zero-order valence-corrected chi connectivity index (χ0v) is 8.37. The lowest BCUT2D eigenvalue weighted by molar-refractivity contribution is -0.131. The van der Waals surface area contributed by atoms with Crippen LogP contribution in [0, 0.1) is 6.07 Å². The molecule has 1 radical (unpaired) electrons. The van der Waals surface area contributed by atoms with E-state index in [1.807, 2.05) is 6.92 Å². The summed E-state index contributed by atoms with van der Waals surface area (Å²) in [4.78, 5) is 10.7. The van der Waals surface area contributed by atoms with Crippen LogP contribution in [0.3, 0.4) is 0 Å². The standard InChI is InChI=1S/C11H13O3/c1-3-7-13-10-5-4-6-11(8-10)14-9(2)12/h5-6,8H,3,7H2,1-2H3. The fraction of sp³-hybridized carbons (Fsp3) is 0.364. The van der Waals surface area contributed by atoms with E-state index in [-0.39, 0.29) is 5.97 Å². The first-order valence-electron chi connectivity index (χ1n) is 4.54. The molecule has 0 heterocycles. The highest BCUT2D eigenvalue weighted by Gasteiger charge is 1.99. The van der Waals surface area contributed by atoms with E-state index in [0.717, 1.165) is 6.42 Å². The van der Waals surface area contributed by atoms with E-state index in [1.54, 1.807) is 18.2 Å². The zero-order chi connectivity index (χ0) is 10.4. The van der Waals surface area contributed by atoms with E-state index in [0.29, 0.717) is 18.1 Å². The van der Waals surface area contributed by atoms with Crippen molar-refractivity contribution in [2.24, 2.45) is 0 Å². The van der Waals surface area contributed by atoms with E-state index in [2.05, 4.69) is 6.07 Å². The Bertz CT molecular complexity index is 307. The van der Waals surface area contributed by atoms with Crippen LogP contribution in [0.2, 0.25) is 0 Å². The Balaban J connectivity index is 2.63. The highest BCUT2D eigenvalue weighted by molar-refractivity contribution is 5.69. The minimum absolute atomic E-state index is 0.342. The quantitative estimate of drug-likeness (QED) is 0.543. The Morgan fingerprint density at radius 3 is 2.79 bits per heavy atom. The predicted molar refractivity (Wildman–Crippen MR) is 52.4 cm³/mol. The molecule has 3 nitrogen and oxygen atoms in total. The highest BCUT2D eigenvalue weighted by Crippen LogP contribution is 2.19. The van der Waals surface area contributed by atoms with Gasteiger partial charge in [-0.3, -0.25) is 4.79 Å². The molecule has 1 rings (SSSR count). The smallest absolute Gasteiger partial charge is 0.308 e. The van der Waals surface area contributed by atoms with Gasteiger partial charge >= 0.3 is 5.97 Å². The molecule has 0 fully saturated rings. The molecule has 0 amide bonds. The number of carbonyl (C=O) groups excluding carboxylic acids is 1. The molecule has 3 heteroatoms. The third kappa shape index (κ3) is 3.47. The van der Waals surface area contributed by atoms with Gasteiger partial charge in [0.2, 0.25) is 0 Å². The van der Waals surface area contributed by atoms with Crippen LogP contribution in [0.1, 0.15) is 20.3 Å². The van der Waals surface area contributed by atoms with E-state index in [1.165, 1.54) is 6.92 Å². The summed E-state index contributed by atoms with van der Waals surface area (Å²) >= 11 is 0. The summed E-state index contributed by atoms with van der Waals surface area (Å²) in [5.41, 5.74) is 0. The maximum atomic E-state index is 10.7. The van der Waals surface area contributed by atoms with Gasteiger partial charge in [-0.25, -0.2) is 0 Å². The number of esters is 1. The SMILES string of the molecule is CCCOc1c[c]cc(OC(C)=O)c1. The molecule has 75 valence electrons. The van der Waals surface area contributed by atoms with E-state index in [4.69, 9.17) is 9.47 Å². The molecule has 14 heavy (non-hydrogen) atoms. The van der Waals surface area contributed by atoms with Gasteiger partial charge in [-0.15, -0.1) is 0 Å². The molecule has 0 aliphatic carbocycles. The van der Waals surface area contributed by atoms with Gasteiger partial charge in [0.15, 0.2) is 0 Å². The summed E-state index contributed by atoms with van der Waals surface area (Å²) in [6.07, 6.45) is 0.942. The minimum Gasteiger partial charge on any atom is -0.493 e. The molecule has 0 saturated carbocycles. The van der Waals surface area contributed by atoms with Crippen molar-refractivity contribution in [3.63, 3.8) is 0 Å². The van der Waals surface area contributed by atoms with Crippen molar-refractivity contribution in [2.45, 2.75) is 20.3 Å². The lowest BCUT2D eigenvalue weighted by atomic mass is 10.3. The predicted octanol–water partition coefficient (Wildman–Crippen LogP) is 2.20. The fourth-order valence-corrected chi connectivity index (χ4v) is 0.958. The van der Waals surface area contributed by atoms with E-state index < -0.39 is 0 Å². The molecule has 1 aromatic carbocycles. The van der Waals surface area contributed by atoms with Crippen LogP contribution in [0.4, 0.5) is 0 Å². The van der Waals surface area contributed by atoms with Crippen LogP contribution in [0.25, 0.3) is 0 Å². The van der Waals surface area contributed by atoms with Gasteiger partial charge in [-0.05, 0) is 24.6 Å². The number of hydrogen-bond acceptors (Lipinski definition) is 3. The molecule has 0 spiro atoms. The average Bonchev–Trinajstić information content (AvgIpc) is 2.14. The molecular weight excluding hydrogens is 180 g/mol. The molecule has 0 aromatic heterocycles. The lowest BCUT2D eigenvalue weighted by Crippen LogP contribution is -2.02. The first-order chi connectivity index (χ1) is 6.72. The van der Waals surface area contributed by atoms with Crippen molar-refractivity contribution in [2.75, 3.05) is 6.61 Å². The summed E-state index contributed by atoms with van der Waals surface area (Å²) in [6, 6.07) is 7.82. The average molecular weight is 193 g/mol. The first kappa shape index (κ1) is 10.6. The van der Waals surface area contributed by atoms with Gasteiger partial charge < -0.3 is 9.47 Å². The topological polar surface area (TPSA) is 35.5 Å². The van der Waals surface area contributed by atoms with Crippen molar-refractivity contribution in [1.82, 2.24) is 0 Å². The number of carbonyl (C=O) groups is 1. The van der Waals surface area contributed by atoms with Crippen LogP contribution in [-0.2, 0) is 4.79 Å². The summed E-state index contributed by atoms with van der Waals surface area (Å²) in [5, 5.41) is 0. The highest BCUT2D eigenvalue weighted by atomic mass is 16.5. The van der Waals surface area contributed by atoms with Gasteiger partial charge in [-0.2, -0.15) is 0 Å². The van der Waals surface area contributed by atoms with Crippen molar-refractivity contribution in [1.29, 1.82) is 0 Å². The maximum absolute atomic E-state index is 10.7. The Labute approximate surface area is 83.6 Å². The largest absolute Gasteiger partial charge is 0.493 e. The second-order valence-electron chi connectivity index (χ2n) is 2.85. The molecule has 0 N–H and O–H groups in total. The third-order valence-electron chi connectivity index (χ3n) is 1.47. The van der Waals surface area contributed by atoms with Crippen molar-refractivity contribution >= 4 is 5.97 Å². The number of hydrogen-bond donors (Lipinski definition) is 0. The minimum atomic E-state index is -0.342. The molecule has 1 aromatic rings. The monoisotopic (exact) mass is 193 g/mol. The second-order valence-corrected chi connectivity index (χ2v) is 2.85. The molecule has 0 aliphatic heterocycles. The first-order valence-corrected chi connectivity index (χ1v) is 4.54. The van der Waals surface area contributed by atoms with Crippen LogP contribution in [-0.4, -0.2) is 12.6 Å². The van der Waals surface area contributed by atoms with Crippen molar-refractivity contribution in [3.8, 4) is 11.5 Å². The van der Waals surface area contributed by atoms with E-state index in [9.17, 15) is 4.79 Å². The van der Waals surface area contributed by atoms with E-state index >= 15 is 0 Å². The number of benzene rings is 1. The van der Waals surface area contributed by atoms with Gasteiger partial charge in [0.1, 0.15) is 11.5 Å². The number of ether oxygens (including phenoxy) is 2. The normalized spacial score (nSPS) is 9.57. The summed E-state index contributed by atoms with van der Waals surface area (Å²) in [7, 11) is 0. The van der Waals surface area contributed by atoms with Crippen LogP contribution < -0.4 is 9.47 Å². The zero-order valence-electron chi connectivity index (χ0n) is 8.37. The molecule has 0 unspecified atom stereocenters. The van der Waals surface area contributed by atoms with Gasteiger partial charge in [-0.1, -0.05) is 6.92 Å². The summed E-state index contributed by atoms with van der Waals surface area (Å²) in [6.45, 7) is 4.04. The van der Waals surface area contributed by atoms with Crippen molar-refractivity contribution in [3.05, 3.63) is 24.3 Å². The van der Waals surface area contributed by atoms with Crippen molar-refractivity contribution < 1.29 is 14.3 Å². The van der Waals surface area contributed by atoms with Gasteiger partial charge in [0, 0.05) is 13.0 Å². The Morgan fingerprint density at radius 1 is 1.43 bits per heavy atom. The second kappa shape index (κ2) is 5.27. The molecule has 0 aliphatic rings. The maximum Gasteiger partial charge on any atom is 0.308 e. The molecule has 0 atom stereocenters.